The van der Waals surface area contributed by atoms with E-state index in [1.165, 1.54) is 5.69 Å². The van der Waals surface area contributed by atoms with Crippen molar-refractivity contribution in [3.05, 3.63) is 24.3 Å². The van der Waals surface area contributed by atoms with E-state index < -0.39 is 0 Å². The molecule has 0 spiro atoms. The third-order valence-electron chi connectivity index (χ3n) is 3.24. The van der Waals surface area contributed by atoms with Crippen LogP contribution in [0.15, 0.2) is 24.3 Å². The number of anilines is 1. The molecule has 1 heterocycles. The van der Waals surface area contributed by atoms with E-state index >= 15 is 0 Å². The number of ether oxygens (including phenoxy) is 3. The molecule has 0 atom stereocenters. The first kappa shape index (κ1) is 15.1. The molecule has 2 rings (SSSR count). The molecule has 112 valence electrons. The van der Waals surface area contributed by atoms with Gasteiger partial charge in [0.1, 0.15) is 12.4 Å². The molecule has 0 amide bonds. The van der Waals surface area contributed by atoms with Crippen molar-refractivity contribution in [3.63, 3.8) is 0 Å². The summed E-state index contributed by atoms with van der Waals surface area (Å²) < 4.78 is 16.2. The van der Waals surface area contributed by atoms with E-state index in [2.05, 4.69) is 22.3 Å². The number of hydrogen-bond donors (Lipinski definition) is 1. The monoisotopic (exact) mass is 280 g/mol. The quantitative estimate of drug-likeness (QED) is 0.723. The lowest BCUT2D eigenvalue weighted by atomic mass is 10.2. The van der Waals surface area contributed by atoms with Crippen LogP contribution in [0.5, 0.6) is 5.75 Å². The Kier molecular flexibility index (Phi) is 6.63. The van der Waals surface area contributed by atoms with Crippen molar-refractivity contribution >= 4 is 5.69 Å². The van der Waals surface area contributed by atoms with Gasteiger partial charge in [-0.3, -0.25) is 0 Å². The fourth-order valence-corrected chi connectivity index (χ4v) is 2.20. The third kappa shape index (κ3) is 4.67. The first-order chi connectivity index (χ1) is 9.92. The fourth-order valence-electron chi connectivity index (χ4n) is 2.20. The Morgan fingerprint density at radius 2 is 1.80 bits per heavy atom. The minimum atomic E-state index is 0.562. The lowest BCUT2D eigenvalue weighted by Gasteiger charge is -2.30. The van der Waals surface area contributed by atoms with Crippen LogP contribution in [-0.4, -0.2) is 59.7 Å². The number of rotatable bonds is 8. The highest BCUT2D eigenvalue weighted by Crippen LogP contribution is 2.28. The molecule has 1 aromatic carbocycles. The van der Waals surface area contributed by atoms with E-state index in [-0.39, 0.29) is 0 Å². The molecule has 1 aliphatic rings. The first-order valence-corrected chi connectivity index (χ1v) is 7.16. The molecule has 20 heavy (non-hydrogen) atoms. The normalized spacial score (nSPS) is 15.3. The van der Waals surface area contributed by atoms with Gasteiger partial charge in [-0.1, -0.05) is 12.1 Å². The van der Waals surface area contributed by atoms with Crippen LogP contribution in [0.1, 0.15) is 0 Å². The van der Waals surface area contributed by atoms with E-state index in [4.69, 9.17) is 14.2 Å². The average Bonchev–Trinajstić information content (AvgIpc) is 2.52. The predicted molar refractivity (Wildman–Crippen MR) is 79.7 cm³/mol. The molecule has 5 heteroatoms. The minimum absolute atomic E-state index is 0.562. The average molecular weight is 280 g/mol. The third-order valence-corrected chi connectivity index (χ3v) is 3.24. The topological polar surface area (TPSA) is 43.0 Å². The summed E-state index contributed by atoms with van der Waals surface area (Å²) in [5.74, 6) is 0.935. The molecular weight excluding hydrogens is 256 g/mol. The molecule has 0 aromatic heterocycles. The van der Waals surface area contributed by atoms with Gasteiger partial charge in [0.05, 0.1) is 25.5 Å². The van der Waals surface area contributed by atoms with Gasteiger partial charge in [-0.05, 0) is 12.1 Å². The summed E-state index contributed by atoms with van der Waals surface area (Å²) in [4.78, 5) is 2.36. The Hall–Kier alpha value is -1.30. The minimum Gasteiger partial charge on any atom is -0.489 e. The Morgan fingerprint density at radius 1 is 1.05 bits per heavy atom. The summed E-state index contributed by atoms with van der Waals surface area (Å²) in [6.45, 7) is 6.46. The van der Waals surface area contributed by atoms with Crippen molar-refractivity contribution in [2.24, 2.45) is 0 Å². The number of para-hydroxylation sites is 2. The molecule has 1 saturated heterocycles. The molecule has 0 aliphatic carbocycles. The van der Waals surface area contributed by atoms with Crippen molar-refractivity contribution in [3.8, 4) is 5.75 Å². The maximum absolute atomic E-state index is 5.84. The Balaban J connectivity index is 1.81. The molecule has 1 fully saturated rings. The number of nitrogens with one attached hydrogen (secondary N) is 1. The summed E-state index contributed by atoms with van der Waals surface area (Å²) in [7, 11) is 1.67. The SMILES string of the molecule is COCCOCCOc1ccccc1N1CCNCC1. The summed E-state index contributed by atoms with van der Waals surface area (Å²) in [5.41, 5.74) is 1.17. The highest BCUT2D eigenvalue weighted by atomic mass is 16.5. The van der Waals surface area contributed by atoms with Gasteiger partial charge in [-0.25, -0.2) is 0 Å². The summed E-state index contributed by atoms with van der Waals surface area (Å²) in [6, 6.07) is 8.20. The molecule has 1 aromatic rings. The molecule has 0 bridgehead atoms. The van der Waals surface area contributed by atoms with Gasteiger partial charge in [0.25, 0.3) is 0 Å². The molecule has 0 saturated carbocycles. The Bertz CT molecular complexity index is 381. The summed E-state index contributed by atoms with van der Waals surface area (Å²) >= 11 is 0. The standard InChI is InChI=1S/C15H24N2O3/c1-18-10-11-19-12-13-20-15-5-3-2-4-14(15)17-8-6-16-7-9-17/h2-5,16H,6-13H2,1H3. The zero-order chi connectivity index (χ0) is 14.0. The lowest BCUT2D eigenvalue weighted by molar-refractivity contribution is 0.0545. The van der Waals surface area contributed by atoms with Crippen LogP contribution in [0.3, 0.4) is 0 Å². The van der Waals surface area contributed by atoms with Gasteiger partial charge < -0.3 is 24.4 Å². The van der Waals surface area contributed by atoms with E-state index in [9.17, 15) is 0 Å². The van der Waals surface area contributed by atoms with Gasteiger partial charge in [0, 0.05) is 33.3 Å². The second-order valence-electron chi connectivity index (χ2n) is 4.66. The first-order valence-electron chi connectivity index (χ1n) is 7.16. The van der Waals surface area contributed by atoms with E-state index in [0.717, 1.165) is 31.9 Å². The molecule has 0 unspecified atom stereocenters. The number of nitrogens with zero attached hydrogens (tertiary/aromatic N) is 1. The molecule has 1 aliphatic heterocycles. The zero-order valence-electron chi connectivity index (χ0n) is 12.1. The fraction of sp³-hybridized carbons (Fsp3) is 0.600. The summed E-state index contributed by atoms with van der Waals surface area (Å²) in [5, 5.41) is 3.36. The van der Waals surface area contributed by atoms with Crippen molar-refractivity contribution in [1.82, 2.24) is 5.32 Å². The Labute approximate surface area is 120 Å². The van der Waals surface area contributed by atoms with Crippen molar-refractivity contribution in [1.29, 1.82) is 0 Å². The van der Waals surface area contributed by atoms with Gasteiger partial charge in [-0.2, -0.15) is 0 Å². The predicted octanol–water partition coefficient (Wildman–Crippen LogP) is 1.14. The summed E-state index contributed by atoms with van der Waals surface area (Å²) in [6.07, 6.45) is 0. The zero-order valence-corrected chi connectivity index (χ0v) is 12.1. The van der Waals surface area contributed by atoms with Gasteiger partial charge >= 0.3 is 0 Å². The van der Waals surface area contributed by atoms with Crippen LogP contribution in [0, 0.1) is 0 Å². The largest absolute Gasteiger partial charge is 0.489 e. The Morgan fingerprint density at radius 3 is 2.60 bits per heavy atom. The smallest absolute Gasteiger partial charge is 0.142 e. The molecule has 5 nitrogen and oxygen atoms in total. The van der Waals surface area contributed by atoms with Crippen molar-refractivity contribution in [2.75, 3.05) is 64.6 Å². The van der Waals surface area contributed by atoms with Gasteiger partial charge in [0.2, 0.25) is 0 Å². The van der Waals surface area contributed by atoms with Crippen molar-refractivity contribution in [2.45, 2.75) is 0 Å². The second kappa shape index (κ2) is 8.79. The van der Waals surface area contributed by atoms with Gasteiger partial charge in [-0.15, -0.1) is 0 Å². The van der Waals surface area contributed by atoms with E-state index in [1.54, 1.807) is 7.11 Å². The lowest BCUT2D eigenvalue weighted by Crippen LogP contribution is -2.43. The number of piperazine rings is 1. The number of methoxy groups -OCH3 is 1. The van der Waals surface area contributed by atoms with Crippen LogP contribution in [0.25, 0.3) is 0 Å². The molecule has 0 radical (unpaired) electrons. The van der Waals surface area contributed by atoms with Crippen molar-refractivity contribution < 1.29 is 14.2 Å². The number of hydrogen-bond acceptors (Lipinski definition) is 5. The van der Waals surface area contributed by atoms with E-state index in [1.807, 2.05) is 12.1 Å². The molecule has 1 N–H and O–H groups in total. The molecular formula is C15H24N2O3. The number of benzene rings is 1. The van der Waals surface area contributed by atoms with Crippen LogP contribution in [0.4, 0.5) is 5.69 Å². The second-order valence-corrected chi connectivity index (χ2v) is 4.66. The van der Waals surface area contributed by atoms with Gasteiger partial charge in [0.15, 0.2) is 0 Å². The van der Waals surface area contributed by atoms with Crippen LogP contribution in [-0.2, 0) is 9.47 Å². The van der Waals surface area contributed by atoms with Crippen LogP contribution >= 0.6 is 0 Å². The van der Waals surface area contributed by atoms with E-state index in [0.29, 0.717) is 26.4 Å². The maximum atomic E-state index is 5.84. The van der Waals surface area contributed by atoms with Crippen LogP contribution < -0.4 is 15.0 Å². The highest BCUT2D eigenvalue weighted by molar-refractivity contribution is 5.58. The van der Waals surface area contributed by atoms with Crippen LogP contribution in [0.2, 0.25) is 0 Å². The highest BCUT2D eigenvalue weighted by Gasteiger charge is 2.14. The maximum Gasteiger partial charge on any atom is 0.142 e.